The van der Waals surface area contributed by atoms with Gasteiger partial charge in [0.2, 0.25) is 0 Å². The normalized spacial score (nSPS) is 13.1. The van der Waals surface area contributed by atoms with Gasteiger partial charge in [-0.2, -0.15) is 0 Å². The standard InChI is InChI=1S/C11H18N2O2/c1-2-13(8-11(15)9-14)7-10-5-3-4-6-12-10/h3-6,11,14-15H,2,7-9H2,1H3. The van der Waals surface area contributed by atoms with E-state index >= 15 is 0 Å². The first-order valence-electron chi connectivity index (χ1n) is 5.17. The molecule has 2 N–H and O–H groups in total. The number of rotatable bonds is 6. The highest BCUT2D eigenvalue weighted by Gasteiger charge is 2.09. The topological polar surface area (TPSA) is 56.6 Å². The van der Waals surface area contributed by atoms with E-state index in [2.05, 4.69) is 4.98 Å². The molecule has 0 spiro atoms. The molecule has 1 aromatic heterocycles. The number of aliphatic hydroxyl groups is 2. The summed E-state index contributed by atoms with van der Waals surface area (Å²) in [5, 5.41) is 18.1. The zero-order chi connectivity index (χ0) is 11.1. The lowest BCUT2D eigenvalue weighted by Gasteiger charge is -2.22. The fourth-order valence-electron chi connectivity index (χ4n) is 1.38. The third kappa shape index (κ3) is 4.38. The highest BCUT2D eigenvalue weighted by molar-refractivity contribution is 5.03. The van der Waals surface area contributed by atoms with Crippen LogP contribution in [0.5, 0.6) is 0 Å². The van der Waals surface area contributed by atoms with Gasteiger partial charge in [-0.15, -0.1) is 0 Å². The monoisotopic (exact) mass is 210 g/mol. The Kier molecular flexibility index (Phi) is 5.25. The molecule has 15 heavy (non-hydrogen) atoms. The Morgan fingerprint density at radius 1 is 1.47 bits per heavy atom. The second-order valence-electron chi connectivity index (χ2n) is 3.49. The summed E-state index contributed by atoms with van der Waals surface area (Å²) in [5.74, 6) is 0. The summed E-state index contributed by atoms with van der Waals surface area (Å²) in [6, 6.07) is 5.77. The van der Waals surface area contributed by atoms with Crippen LogP contribution in [0.4, 0.5) is 0 Å². The number of likely N-dealkylation sites (N-methyl/N-ethyl adjacent to an activating group) is 1. The van der Waals surface area contributed by atoms with Crippen LogP contribution in [0.2, 0.25) is 0 Å². The zero-order valence-electron chi connectivity index (χ0n) is 9.00. The van der Waals surface area contributed by atoms with E-state index in [-0.39, 0.29) is 6.61 Å². The van der Waals surface area contributed by atoms with Crippen LogP contribution in [-0.2, 0) is 6.54 Å². The maximum absolute atomic E-state index is 9.33. The Labute approximate surface area is 90.2 Å². The van der Waals surface area contributed by atoms with Crippen molar-refractivity contribution in [2.24, 2.45) is 0 Å². The van der Waals surface area contributed by atoms with E-state index in [1.807, 2.05) is 30.0 Å². The molecule has 1 rings (SSSR count). The molecule has 0 aromatic carbocycles. The Balaban J connectivity index is 2.47. The minimum absolute atomic E-state index is 0.196. The molecule has 0 saturated heterocycles. The second-order valence-corrected chi connectivity index (χ2v) is 3.49. The molecule has 4 heteroatoms. The van der Waals surface area contributed by atoms with Gasteiger partial charge in [-0.25, -0.2) is 0 Å². The number of hydrogen-bond acceptors (Lipinski definition) is 4. The molecule has 0 aliphatic rings. The van der Waals surface area contributed by atoms with Gasteiger partial charge in [0, 0.05) is 19.3 Å². The van der Waals surface area contributed by atoms with Gasteiger partial charge in [0.1, 0.15) is 0 Å². The van der Waals surface area contributed by atoms with E-state index in [4.69, 9.17) is 5.11 Å². The summed E-state index contributed by atoms with van der Waals surface area (Å²) in [6.45, 7) is 3.83. The van der Waals surface area contributed by atoms with E-state index in [9.17, 15) is 5.11 Å². The molecule has 0 aliphatic carbocycles. The molecule has 0 radical (unpaired) electrons. The van der Waals surface area contributed by atoms with Crippen LogP contribution in [0, 0.1) is 0 Å². The molecule has 4 nitrogen and oxygen atoms in total. The first kappa shape index (κ1) is 12.1. The summed E-state index contributed by atoms with van der Waals surface area (Å²) in [6.07, 6.45) is 1.08. The molecule has 0 aliphatic heterocycles. The van der Waals surface area contributed by atoms with E-state index in [0.717, 1.165) is 12.2 Å². The molecular formula is C11H18N2O2. The van der Waals surface area contributed by atoms with E-state index < -0.39 is 6.10 Å². The summed E-state index contributed by atoms with van der Waals surface area (Å²) in [7, 11) is 0. The number of nitrogens with zero attached hydrogens (tertiary/aromatic N) is 2. The van der Waals surface area contributed by atoms with Crippen molar-refractivity contribution in [3.05, 3.63) is 30.1 Å². The van der Waals surface area contributed by atoms with Crippen molar-refractivity contribution < 1.29 is 10.2 Å². The van der Waals surface area contributed by atoms with Gasteiger partial charge in [0.25, 0.3) is 0 Å². The van der Waals surface area contributed by atoms with Crippen molar-refractivity contribution >= 4 is 0 Å². The van der Waals surface area contributed by atoms with Crippen LogP contribution < -0.4 is 0 Å². The van der Waals surface area contributed by atoms with Crippen LogP contribution in [0.25, 0.3) is 0 Å². The highest BCUT2D eigenvalue weighted by atomic mass is 16.3. The largest absolute Gasteiger partial charge is 0.394 e. The Hall–Kier alpha value is -0.970. The van der Waals surface area contributed by atoms with Crippen molar-refractivity contribution in [3.63, 3.8) is 0 Å². The van der Waals surface area contributed by atoms with Gasteiger partial charge in [0.05, 0.1) is 18.4 Å². The molecule has 1 atom stereocenters. The average Bonchev–Trinajstić information content (AvgIpc) is 2.29. The molecule has 0 fully saturated rings. The molecule has 1 unspecified atom stereocenters. The lowest BCUT2D eigenvalue weighted by atomic mass is 10.3. The van der Waals surface area contributed by atoms with Gasteiger partial charge in [-0.1, -0.05) is 13.0 Å². The smallest absolute Gasteiger partial charge is 0.0897 e. The third-order valence-corrected chi connectivity index (χ3v) is 2.24. The van der Waals surface area contributed by atoms with Crippen molar-refractivity contribution in [1.29, 1.82) is 0 Å². The quantitative estimate of drug-likeness (QED) is 0.707. The Morgan fingerprint density at radius 3 is 2.80 bits per heavy atom. The van der Waals surface area contributed by atoms with Crippen LogP contribution in [0.1, 0.15) is 12.6 Å². The van der Waals surface area contributed by atoms with Gasteiger partial charge in [-0.05, 0) is 18.7 Å². The zero-order valence-corrected chi connectivity index (χ0v) is 9.00. The van der Waals surface area contributed by atoms with E-state index in [1.165, 1.54) is 0 Å². The summed E-state index contributed by atoms with van der Waals surface area (Å²) >= 11 is 0. The first-order chi connectivity index (χ1) is 7.26. The second kappa shape index (κ2) is 6.50. The lowest BCUT2D eigenvalue weighted by molar-refractivity contribution is 0.0581. The molecule has 0 amide bonds. The van der Waals surface area contributed by atoms with Crippen LogP contribution in [-0.4, -0.2) is 45.9 Å². The summed E-state index contributed by atoms with van der Waals surface area (Å²) < 4.78 is 0. The first-order valence-corrected chi connectivity index (χ1v) is 5.17. The predicted octanol–water partition coefficient (Wildman–Crippen LogP) is 0.257. The fraction of sp³-hybridized carbons (Fsp3) is 0.545. The van der Waals surface area contributed by atoms with Gasteiger partial charge in [-0.3, -0.25) is 9.88 Å². The minimum Gasteiger partial charge on any atom is -0.394 e. The molecule has 1 heterocycles. The van der Waals surface area contributed by atoms with Crippen molar-refractivity contribution in [2.45, 2.75) is 19.6 Å². The third-order valence-electron chi connectivity index (χ3n) is 2.24. The van der Waals surface area contributed by atoms with Crippen LogP contribution in [0.15, 0.2) is 24.4 Å². The number of aliphatic hydroxyl groups excluding tert-OH is 2. The van der Waals surface area contributed by atoms with Gasteiger partial charge < -0.3 is 10.2 Å². The van der Waals surface area contributed by atoms with Gasteiger partial charge in [0.15, 0.2) is 0 Å². The number of hydrogen-bond donors (Lipinski definition) is 2. The Bertz CT molecular complexity index is 267. The van der Waals surface area contributed by atoms with Crippen molar-refractivity contribution in [1.82, 2.24) is 9.88 Å². The number of aromatic nitrogens is 1. The predicted molar refractivity (Wildman–Crippen MR) is 58.3 cm³/mol. The summed E-state index contributed by atoms with van der Waals surface area (Å²) in [5.41, 5.74) is 0.976. The number of pyridine rings is 1. The fourth-order valence-corrected chi connectivity index (χ4v) is 1.38. The minimum atomic E-state index is -0.673. The van der Waals surface area contributed by atoms with Crippen LogP contribution >= 0.6 is 0 Å². The average molecular weight is 210 g/mol. The SMILES string of the molecule is CCN(Cc1ccccn1)CC(O)CO. The van der Waals surface area contributed by atoms with Gasteiger partial charge >= 0.3 is 0 Å². The molecule has 0 bridgehead atoms. The maximum atomic E-state index is 9.33. The Morgan fingerprint density at radius 2 is 2.27 bits per heavy atom. The maximum Gasteiger partial charge on any atom is 0.0897 e. The van der Waals surface area contributed by atoms with Crippen molar-refractivity contribution in [2.75, 3.05) is 19.7 Å². The molecule has 84 valence electrons. The van der Waals surface area contributed by atoms with E-state index in [0.29, 0.717) is 13.1 Å². The molecule has 1 aromatic rings. The molecule has 0 saturated carbocycles. The van der Waals surface area contributed by atoms with Crippen LogP contribution in [0.3, 0.4) is 0 Å². The van der Waals surface area contributed by atoms with E-state index in [1.54, 1.807) is 6.20 Å². The molecular weight excluding hydrogens is 192 g/mol. The summed E-state index contributed by atoms with van der Waals surface area (Å²) in [4.78, 5) is 6.26. The highest BCUT2D eigenvalue weighted by Crippen LogP contribution is 2.01. The van der Waals surface area contributed by atoms with Crippen molar-refractivity contribution in [3.8, 4) is 0 Å². The lowest BCUT2D eigenvalue weighted by Crippen LogP contribution is -2.34.